The molecule has 0 amide bonds. The van der Waals surface area contributed by atoms with E-state index < -0.39 is 40.7 Å². The second-order valence-electron chi connectivity index (χ2n) is 11.4. The van der Waals surface area contributed by atoms with E-state index in [9.17, 15) is 19.8 Å². The molecule has 9 heteroatoms. The number of thioether (sulfide) groups is 1. The number of ether oxygens (including phenoxy) is 2. The molecule has 0 saturated carbocycles. The average Bonchev–Trinajstić information content (AvgIpc) is 3.14. The van der Waals surface area contributed by atoms with Crippen molar-refractivity contribution in [2.45, 2.75) is 95.0 Å². The molecule has 2 aliphatic heterocycles. The summed E-state index contributed by atoms with van der Waals surface area (Å²) in [6, 6.07) is 0. The molecule has 3 rings (SSSR count). The summed E-state index contributed by atoms with van der Waals surface area (Å²) in [7, 11) is 0. The van der Waals surface area contributed by atoms with Gasteiger partial charge in [0.15, 0.2) is 0 Å². The Bertz CT molecular complexity index is 993. The van der Waals surface area contributed by atoms with E-state index in [1.165, 1.54) is 0 Å². The predicted molar refractivity (Wildman–Crippen MR) is 143 cm³/mol. The molecule has 7 nitrogen and oxygen atoms in total. The van der Waals surface area contributed by atoms with Crippen molar-refractivity contribution in [3.63, 3.8) is 0 Å². The van der Waals surface area contributed by atoms with Crippen LogP contribution in [-0.4, -0.2) is 63.2 Å². The predicted octanol–water partition coefficient (Wildman–Crippen LogP) is 4.75. The molecule has 0 aliphatic carbocycles. The van der Waals surface area contributed by atoms with Crippen LogP contribution in [0.25, 0.3) is 5.57 Å². The van der Waals surface area contributed by atoms with Crippen LogP contribution in [0.15, 0.2) is 16.3 Å². The molecule has 1 aromatic heterocycles. The number of carbonyl (C=O) groups excluding carboxylic acids is 2. The molecule has 2 fully saturated rings. The lowest BCUT2D eigenvalue weighted by Crippen LogP contribution is -2.45. The number of esters is 1. The number of aliphatic hydroxyl groups excluding tert-OH is 2. The van der Waals surface area contributed by atoms with E-state index in [4.69, 9.17) is 9.47 Å². The van der Waals surface area contributed by atoms with Crippen LogP contribution < -0.4 is 0 Å². The minimum atomic E-state index is -1.24. The van der Waals surface area contributed by atoms with Crippen molar-refractivity contribution in [1.82, 2.24) is 4.98 Å². The minimum Gasteiger partial charge on any atom is -0.465 e. The summed E-state index contributed by atoms with van der Waals surface area (Å²) >= 11 is 3.11. The molecule has 2 saturated heterocycles. The summed E-state index contributed by atoms with van der Waals surface area (Å²) in [4.78, 5) is 30.7. The molecule has 0 radical (unpaired) electrons. The fourth-order valence-corrected chi connectivity index (χ4v) is 6.72. The van der Waals surface area contributed by atoms with Crippen molar-refractivity contribution < 1.29 is 29.3 Å². The van der Waals surface area contributed by atoms with Gasteiger partial charge in [-0.1, -0.05) is 52.5 Å². The maximum atomic E-state index is 13.2. The molecule has 1 aromatic rings. The summed E-state index contributed by atoms with van der Waals surface area (Å²) in [6.07, 6.45) is 1.88. The first-order chi connectivity index (χ1) is 16.7. The fraction of sp³-hybridized carbons (Fsp3) is 0.741. The maximum Gasteiger partial charge on any atom is 0.308 e. The van der Waals surface area contributed by atoms with Gasteiger partial charge in [0, 0.05) is 11.3 Å². The number of epoxide rings is 1. The number of fused-ring (bicyclic) bond motifs is 1. The Kier molecular flexibility index (Phi) is 8.83. The zero-order chi connectivity index (χ0) is 27.1. The number of thiazole rings is 1. The second-order valence-corrected chi connectivity index (χ2v) is 13.3. The Balaban J connectivity index is 1.90. The van der Waals surface area contributed by atoms with E-state index in [-0.39, 0.29) is 30.6 Å². The summed E-state index contributed by atoms with van der Waals surface area (Å²) in [5.41, 5.74) is -0.751. The van der Waals surface area contributed by atoms with E-state index in [2.05, 4.69) is 18.5 Å². The van der Waals surface area contributed by atoms with Crippen molar-refractivity contribution in [1.29, 1.82) is 0 Å². The van der Waals surface area contributed by atoms with Crippen LogP contribution in [0.2, 0.25) is 0 Å². The number of cyclic esters (lactones) is 1. The van der Waals surface area contributed by atoms with Crippen LogP contribution in [0.5, 0.6) is 0 Å². The Labute approximate surface area is 223 Å². The molecule has 2 N–H and O–H groups in total. The molecule has 36 heavy (non-hydrogen) atoms. The van der Waals surface area contributed by atoms with Crippen LogP contribution in [0.4, 0.5) is 0 Å². The molecule has 3 heterocycles. The topological polar surface area (TPSA) is 109 Å². The third-order valence-corrected chi connectivity index (χ3v) is 10.4. The van der Waals surface area contributed by atoms with Gasteiger partial charge < -0.3 is 19.7 Å². The van der Waals surface area contributed by atoms with E-state index >= 15 is 0 Å². The largest absolute Gasteiger partial charge is 0.465 e. The summed E-state index contributed by atoms with van der Waals surface area (Å²) in [5, 5.41) is 23.7. The third kappa shape index (κ3) is 5.60. The number of rotatable bonds is 3. The van der Waals surface area contributed by atoms with Crippen molar-refractivity contribution >= 4 is 40.4 Å². The Morgan fingerprint density at radius 1 is 1.22 bits per heavy atom. The number of aliphatic hydroxyl groups is 2. The number of carbonyl (C=O) groups is 2. The van der Waals surface area contributed by atoms with Gasteiger partial charge in [-0.3, -0.25) is 9.59 Å². The van der Waals surface area contributed by atoms with E-state index in [0.717, 1.165) is 34.9 Å². The zero-order valence-electron chi connectivity index (χ0n) is 22.5. The normalized spacial score (nSPS) is 38.2. The van der Waals surface area contributed by atoms with Crippen LogP contribution in [0.3, 0.4) is 0 Å². The van der Waals surface area contributed by atoms with E-state index in [1.54, 1.807) is 43.9 Å². The smallest absolute Gasteiger partial charge is 0.308 e. The Morgan fingerprint density at radius 2 is 1.89 bits per heavy atom. The third-order valence-electron chi connectivity index (χ3n) is 8.58. The van der Waals surface area contributed by atoms with Crippen molar-refractivity contribution in [2.75, 3.05) is 12.9 Å². The molecule has 7 unspecified atom stereocenters. The highest BCUT2D eigenvalue weighted by atomic mass is 32.2. The summed E-state index contributed by atoms with van der Waals surface area (Å²) < 4.78 is 12.9. The van der Waals surface area contributed by atoms with Crippen LogP contribution in [0.1, 0.15) is 72.9 Å². The second kappa shape index (κ2) is 10.8. The molecule has 202 valence electrons. The molecule has 0 aromatic carbocycles. The quantitative estimate of drug-likeness (QED) is 0.322. The fourth-order valence-electron chi connectivity index (χ4n) is 5.43. The molecule has 2 aliphatic rings. The van der Waals surface area contributed by atoms with Crippen molar-refractivity contribution in [2.24, 2.45) is 23.2 Å². The number of nitrogens with zero attached hydrogens (tertiary/aromatic N) is 1. The van der Waals surface area contributed by atoms with Crippen LogP contribution >= 0.6 is 23.1 Å². The number of hydrogen-bond donors (Lipinski definition) is 2. The molecular weight excluding hydrogens is 498 g/mol. The molecular formula is C27H41NO6S2. The first-order valence-electron chi connectivity index (χ1n) is 12.6. The highest BCUT2D eigenvalue weighted by Gasteiger charge is 2.67. The van der Waals surface area contributed by atoms with E-state index in [0.29, 0.717) is 0 Å². The Morgan fingerprint density at radius 3 is 2.50 bits per heavy atom. The van der Waals surface area contributed by atoms with Gasteiger partial charge in [-0.25, -0.2) is 4.98 Å². The van der Waals surface area contributed by atoms with Crippen LogP contribution in [0, 0.1) is 23.2 Å². The SMILES string of the molecule is C=C(c1csc(SC)n1)C1COC(=O)CC(O)C(C)(C)C(=O)C(C)C(O)C(C)CCCC2(C)OC12C. The van der Waals surface area contributed by atoms with Gasteiger partial charge in [-0.15, -0.1) is 11.3 Å². The summed E-state index contributed by atoms with van der Waals surface area (Å²) in [5.74, 6) is -1.95. The number of hydrogen-bond acceptors (Lipinski definition) is 9. The zero-order valence-corrected chi connectivity index (χ0v) is 24.1. The van der Waals surface area contributed by atoms with Gasteiger partial charge in [0.1, 0.15) is 22.3 Å². The average molecular weight is 540 g/mol. The van der Waals surface area contributed by atoms with Gasteiger partial charge >= 0.3 is 5.97 Å². The lowest BCUT2D eigenvalue weighted by atomic mass is 9.72. The van der Waals surface area contributed by atoms with Crippen LogP contribution in [-0.2, 0) is 19.1 Å². The van der Waals surface area contributed by atoms with Crippen molar-refractivity contribution in [3.05, 3.63) is 17.7 Å². The van der Waals surface area contributed by atoms with Gasteiger partial charge in [0.05, 0.1) is 41.3 Å². The van der Waals surface area contributed by atoms with E-state index in [1.807, 2.05) is 25.5 Å². The lowest BCUT2D eigenvalue weighted by molar-refractivity contribution is -0.152. The van der Waals surface area contributed by atoms with Gasteiger partial charge in [-0.2, -0.15) is 0 Å². The minimum absolute atomic E-state index is 0.0441. The number of Topliss-reactive ketones (excluding diaryl/α,β-unsaturated/α-hetero) is 1. The first-order valence-corrected chi connectivity index (χ1v) is 14.7. The van der Waals surface area contributed by atoms with Gasteiger partial charge in [0.25, 0.3) is 0 Å². The molecule has 7 atom stereocenters. The standard InChI is InChI=1S/C27H41NO6S2/c1-15-10-9-11-26(6)27(7,34-26)18(16(2)19-14-36-24(28-19)35-8)13-33-21(30)12-20(29)25(4,5)23(32)17(3)22(15)31/h14-15,17-18,20,22,29,31H,2,9-13H2,1,3-8H3. The molecule has 0 bridgehead atoms. The lowest BCUT2D eigenvalue weighted by Gasteiger charge is -2.34. The monoisotopic (exact) mass is 539 g/mol. The Hall–Kier alpha value is -1.26. The number of aromatic nitrogens is 1. The first kappa shape index (κ1) is 29.3. The maximum absolute atomic E-state index is 13.2. The van der Waals surface area contributed by atoms with Gasteiger partial charge in [0.2, 0.25) is 0 Å². The highest BCUT2D eigenvalue weighted by Crippen LogP contribution is 2.58. The van der Waals surface area contributed by atoms with Crippen molar-refractivity contribution in [3.8, 4) is 0 Å². The number of ketones is 1. The molecule has 0 spiro atoms. The van der Waals surface area contributed by atoms with Gasteiger partial charge in [-0.05, 0) is 44.4 Å². The summed E-state index contributed by atoms with van der Waals surface area (Å²) in [6.45, 7) is 15.3. The highest BCUT2D eigenvalue weighted by molar-refractivity contribution is 8.00.